The monoisotopic (exact) mass is 510 g/mol. The van der Waals surface area contributed by atoms with Gasteiger partial charge in [-0.2, -0.15) is 0 Å². The summed E-state index contributed by atoms with van der Waals surface area (Å²) >= 11 is 0. The molecule has 1 fully saturated rings. The van der Waals surface area contributed by atoms with Crippen molar-refractivity contribution in [3.63, 3.8) is 0 Å². The Kier molecular flexibility index (Phi) is 17.7. The molecule has 0 aliphatic carbocycles. The molecule has 0 bridgehead atoms. The molecule has 1 aliphatic heterocycles. The van der Waals surface area contributed by atoms with Crippen LogP contribution < -0.4 is 5.32 Å². The molecule has 9 nitrogen and oxygen atoms in total. The highest BCUT2D eigenvalue weighted by Crippen LogP contribution is 2.19. The van der Waals surface area contributed by atoms with Crippen molar-refractivity contribution in [3.05, 3.63) is 0 Å². The van der Waals surface area contributed by atoms with Crippen molar-refractivity contribution in [3.8, 4) is 0 Å². The Bertz CT molecular complexity index is 696. The van der Waals surface area contributed by atoms with Crippen LogP contribution in [0.25, 0.3) is 0 Å². The van der Waals surface area contributed by atoms with E-state index in [9.17, 15) is 24.0 Å². The minimum Gasteiger partial charge on any atom is -0.379 e. The summed E-state index contributed by atoms with van der Waals surface area (Å²) in [4.78, 5) is 59.4. The third-order valence-electron chi connectivity index (χ3n) is 6.23. The fourth-order valence-corrected chi connectivity index (χ4v) is 4.00. The van der Waals surface area contributed by atoms with Crippen LogP contribution in [0.3, 0.4) is 0 Å². The van der Waals surface area contributed by atoms with Crippen molar-refractivity contribution in [2.45, 2.75) is 97.3 Å². The summed E-state index contributed by atoms with van der Waals surface area (Å²) in [6, 6.07) is 0. The van der Waals surface area contributed by atoms with Gasteiger partial charge in [0.25, 0.3) is 0 Å². The van der Waals surface area contributed by atoms with Crippen molar-refractivity contribution < 1.29 is 33.4 Å². The largest absolute Gasteiger partial charge is 0.379 e. The quantitative estimate of drug-likeness (QED) is 0.165. The maximum atomic E-state index is 12.0. The fourth-order valence-electron chi connectivity index (χ4n) is 4.00. The van der Waals surface area contributed by atoms with E-state index in [-0.39, 0.29) is 54.6 Å². The van der Waals surface area contributed by atoms with Gasteiger partial charge in [-0.05, 0) is 19.8 Å². The molecule has 0 aromatic carbocycles. The van der Waals surface area contributed by atoms with Crippen LogP contribution in [0, 0.1) is 5.92 Å². The first-order valence-corrected chi connectivity index (χ1v) is 13.6. The summed E-state index contributed by atoms with van der Waals surface area (Å²) in [6.07, 6.45) is 10.2. The summed E-state index contributed by atoms with van der Waals surface area (Å²) in [5, 5.41) is 2.85. The molecule has 36 heavy (non-hydrogen) atoms. The van der Waals surface area contributed by atoms with Crippen LogP contribution in [-0.2, 0) is 33.4 Å². The molecule has 1 atom stereocenters. The van der Waals surface area contributed by atoms with E-state index in [4.69, 9.17) is 9.47 Å². The van der Waals surface area contributed by atoms with Gasteiger partial charge < -0.3 is 14.8 Å². The average Bonchev–Trinajstić information content (AvgIpc) is 3.07. The zero-order valence-electron chi connectivity index (χ0n) is 22.3. The first-order chi connectivity index (χ1) is 17.3. The number of carbonyl (C=O) groups is 5. The second-order valence-corrected chi connectivity index (χ2v) is 9.63. The van der Waals surface area contributed by atoms with Crippen LogP contribution >= 0.6 is 0 Å². The van der Waals surface area contributed by atoms with Gasteiger partial charge in [0.05, 0.1) is 26.4 Å². The van der Waals surface area contributed by atoms with Crippen molar-refractivity contribution in [2.24, 2.45) is 5.92 Å². The van der Waals surface area contributed by atoms with Gasteiger partial charge in [0.2, 0.25) is 17.7 Å². The van der Waals surface area contributed by atoms with Gasteiger partial charge in [-0.1, -0.05) is 45.4 Å². The van der Waals surface area contributed by atoms with Gasteiger partial charge in [-0.3, -0.25) is 28.9 Å². The van der Waals surface area contributed by atoms with Crippen LogP contribution in [0.1, 0.15) is 97.3 Å². The van der Waals surface area contributed by atoms with Crippen LogP contribution in [0.5, 0.6) is 0 Å². The zero-order valence-corrected chi connectivity index (χ0v) is 22.3. The van der Waals surface area contributed by atoms with E-state index >= 15 is 0 Å². The second-order valence-electron chi connectivity index (χ2n) is 9.63. The predicted molar refractivity (Wildman–Crippen MR) is 136 cm³/mol. The number of ether oxygens (including phenoxy) is 2. The highest BCUT2D eigenvalue weighted by Gasteiger charge is 2.35. The molecule has 0 spiro atoms. The Morgan fingerprint density at radius 1 is 0.806 bits per heavy atom. The SMILES string of the molecule is CC(=O)CCOCCOCCNC(=O)CCCCCCCCCCC(=O)CCN1C(=O)CC(C)C1=O. The number of nitrogens with one attached hydrogen (secondary N) is 1. The third-order valence-corrected chi connectivity index (χ3v) is 6.23. The highest BCUT2D eigenvalue weighted by molar-refractivity contribution is 6.03. The number of hydrogen-bond acceptors (Lipinski definition) is 7. The van der Waals surface area contributed by atoms with Crippen molar-refractivity contribution in [1.82, 2.24) is 10.2 Å². The summed E-state index contributed by atoms with van der Waals surface area (Å²) in [5.41, 5.74) is 0. The Hall–Kier alpha value is -2.13. The molecular formula is C27H46N2O7. The van der Waals surface area contributed by atoms with Gasteiger partial charge in [-0.25, -0.2) is 0 Å². The number of rotatable bonds is 23. The lowest BCUT2D eigenvalue weighted by atomic mass is 10.0. The van der Waals surface area contributed by atoms with Crippen LogP contribution in [0.4, 0.5) is 0 Å². The van der Waals surface area contributed by atoms with E-state index in [1.165, 1.54) is 11.8 Å². The van der Waals surface area contributed by atoms with Crippen LogP contribution in [-0.4, -0.2) is 73.7 Å². The lowest BCUT2D eigenvalue weighted by Gasteiger charge is -2.13. The molecule has 1 heterocycles. The summed E-state index contributed by atoms with van der Waals surface area (Å²) in [6.45, 7) is 5.77. The number of carbonyl (C=O) groups excluding carboxylic acids is 5. The van der Waals surface area contributed by atoms with Gasteiger partial charge >= 0.3 is 0 Å². The second kappa shape index (κ2) is 20.0. The minimum absolute atomic E-state index is 0.0500. The Morgan fingerprint density at radius 2 is 1.39 bits per heavy atom. The van der Waals surface area contributed by atoms with Gasteiger partial charge in [-0.15, -0.1) is 0 Å². The number of hydrogen-bond donors (Lipinski definition) is 1. The van der Waals surface area contributed by atoms with E-state index in [1.54, 1.807) is 6.92 Å². The smallest absolute Gasteiger partial charge is 0.232 e. The van der Waals surface area contributed by atoms with E-state index < -0.39 is 0 Å². The maximum absolute atomic E-state index is 12.0. The Morgan fingerprint density at radius 3 is 1.97 bits per heavy atom. The van der Waals surface area contributed by atoms with Crippen LogP contribution in [0.2, 0.25) is 0 Å². The van der Waals surface area contributed by atoms with E-state index in [0.29, 0.717) is 52.2 Å². The van der Waals surface area contributed by atoms with Crippen molar-refractivity contribution >= 4 is 29.3 Å². The van der Waals surface area contributed by atoms with E-state index in [2.05, 4.69) is 5.32 Å². The molecule has 206 valence electrons. The number of likely N-dealkylation sites (tertiary alicyclic amines) is 1. The lowest BCUT2D eigenvalue weighted by Crippen LogP contribution is -2.32. The fraction of sp³-hybridized carbons (Fsp3) is 0.815. The summed E-state index contributed by atoms with van der Waals surface area (Å²) in [7, 11) is 0. The van der Waals surface area contributed by atoms with Crippen molar-refractivity contribution in [1.29, 1.82) is 0 Å². The molecule has 1 rings (SSSR count). The number of unbranched alkanes of at least 4 members (excludes halogenated alkanes) is 7. The summed E-state index contributed by atoms with van der Waals surface area (Å²) in [5.74, 6) is -0.284. The molecular weight excluding hydrogens is 464 g/mol. The molecule has 1 N–H and O–H groups in total. The predicted octanol–water partition coefficient (Wildman–Crippen LogP) is 3.37. The van der Waals surface area contributed by atoms with Crippen molar-refractivity contribution in [2.75, 3.05) is 39.5 Å². The molecule has 0 saturated carbocycles. The topological polar surface area (TPSA) is 119 Å². The molecule has 9 heteroatoms. The number of ketones is 2. The molecule has 3 amide bonds. The lowest BCUT2D eigenvalue weighted by molar-refractivity contribution is -0.139. The summed E-state index contributed by atoms with van der Waals surface area (Å²) < 4.78 is 10.6. The first-order valence-electron chi connectivity index (χ1n) is 13.6. The molecule has 0 aromatic rings. The number of nitrogens with zero attached hydrogens (tertiary/aromatic N) is 1. The van der Waals surface area contributed by atoms with Crippen LogP contribution in [0.15, 0.2) is 0 Å². The average molecular weight is 511 g/mol. The Balaban J connectivity index is 1.82. The molecule has 1 aliphatic rings. The highest BCUT2D eigenvalue weighted by atomic mass is 16.5. The number of amides is 3. The third kappa shape index (κ3) is 15.8. The first kappa shape index (κ1) is 31.9. The van der Waals surface area contributed by atoms with Gasteiger partial charge in [0.15, 0.2) is 0 Å². The van der Waals surface area contributed by atoms with Gasteiger partial charge in [0.1, 0.15) is 11.6 Å². The van der Waals surface area contributed by atoms with Gasteiger partial charge in [0, 0.05) is 51.1 Å². The molecule has 1 saturated heterocycles. The minimum atomic E-state index is -0.252. The number of imide groups is 1. The molecule has 0 aromatic heterocycles. The molecule has 0 radical (unpaired) electrons. The molecule has 1 unspecified atom stereocenters. The normalized spacial score (nSPS) is 15.5. The van der Waals surface area contributed by atoms with E-state index in [1.807, 2.05) is 0 Å². The number of Topliss-reactive ketones (excluding diaryl/α,β-unsaturated/α-hetero) is 2. The van der Waals surface area contributed by atoms with E-state index in [0.717, 1.165) is 51.4 Å². The zero-order chi connectivity index (χ0) is 26.6. The maximum Gasteiger partial charge on any atom is 0.232 e. The Labute approximate surface area is 216 Å². The standard InChI is InChI=1S/C27H46N2O7/c1-22-21-26(33)29(27(22)34)16-13-24(31)11-9-7-5-3-4-6-8-10-12-25(32)28-15-18-36-20-19-35-17-14-23(2)30/h22H,3-21H2,1-2H3,(H,28,32).